The first-order valence-electron chi connectivity index (χ1n) is 8.98. The number of carbonyl (C=O) groups is 3. The fraction of sp³-hybridized carbons (Fsp3) is 0.286. The van der Waals surface area contributed by atoms with E-state index in [1.807, 2.05) is 0 Å². The number of methoxy groups -OCH3 is 2. The lowest BCUT2D eigenvalue weighted by molar-refractivity contribution is 0.0507. The number of carbonyl (C=O) groups excluding carboxylic acids is 3. The van der Waals surface area contributed by atoms with Crippen LogP contribution in [-0.2, 0) is 0 Å². The average Bonchev–Trinajstić information content (AvgIpc) is 2.91. The second-order valence-electron chi connectivity index (χ2n) is 7.53. The van der Waals surface area contributed by atoms with Crippen molar-refractivity contribution >= 4 is 29.2 Å². The van der Waals surface area contributed by atoms with Gasteiger partial charge in [-0.05, 0) is 51.1 Å². The van der Waals surface area contributed by atoms with Crippen LogP contribution in [0.1, 0.15) is 41.5 Å². The number of amides is 4. The Morgan fingerprint density at radius 2 is 1.38 bits per heavy atom. The highest BCUT2D eigenvalue weighted by molar-refractivity contribution is 6.22. The second-order valence-corrected chi connectivity index (χ2v) is 7.53. The quantitative estimate of drug-likeness (QED) is 0.766. The summed E-state index contributed by atoms with van der Waals surface area (Å²) in [7, 11) is 3.03. The van der Waals surface area contributed by atoms with Gasteiger partial charge in [0.2, 0.25) is 0 Å². The van der Waals surface area contributed by atoms with Gasteiger partial charge < -0.3 is 20.1 Å². The summed E-state index contributed by atoms with van der Waals surface area (Å²) in [4.78, 5) is 38.8. The standard InChI is InChI=1S/C21H23N3O5/c1-21(2,3)24-18(25)14-8-6-12(10-15(14)19(24)26)22-20(27)23-13-7-9-16(28-4)17(11-13)29-5/h6-11H,1-5H3,(H2,22,23,27). The van der Waals surface area contributed by atoms with Crippen molar-refractivity contribution in [3.05, 3.63) is 47.5 Å². The summed E-state index contributed by atoms with van der Waals surface area (Å²) >= 11 is 0. The van der Waals surface area contributed by atoms with Crippen LogP contribution in [0.25, 0.3) is 0 Å². The number of fused-ring (bicyclic) bond motifs is 1. The summed E-state index contributed by atoms with van der Waals surface area (Å²) in [6, 6.07) is 9.13. The molecule has 0 saturated carbocycles. The number of ether oxygens (including phenoxy) is 2. The fourth-order valence-electron chi connectivity index (χ4n) is 3.14. The number of hydrogen-bond acceptors (Lipinski definition) is 5. The van der Waals surface area contributed by atoms with E-state index in [4.69, 9.17) is 9.47 Å². The van der Waals surface area contributed by atoms with Gasteiger partial charge in [-0.25, -0.2) is 4.79 Å². The molecule has 3 rings (SSSR count). The molecule has 4 amide bonds. The predicted octanol–water partition coefficient (Wildman–Crippen LogP) is 3.74. The van der Waals surface area contributed by atoms with E-state index in [0.29, 0.717) is 28.4 Å². The van der Waals surface area contributed by atoms with E-state index in [9.17, 15) is 14.4 Å². The zero-order chi connectivity index (χ0) is 21.3. The molecule has 1 heterocycles. The molecule has 0 atom stereocenters. The van der Waals surface area contributed by atoms with Crippen LogP contribution in [0.4, 0.5) is 16.2 Å². The van der Waals surface area contributed by atoms with E-state index in [-0.39, 0.29) is 17.4 Å². The third kappa shape index (κ3) is 3.87. The molecule has 0 saturated heterocycles. The first-order chi connectivity index (χ1) is 13.7. The molecule has 152 valence electrons. The molecule has 0 unspecified atom stereocenters. The minimum Gasteiger partial charge on any atom is -0.493 e. The SMILES string of the molecule is COc1ccc(NC(=O)Nc2ccc3c(c2)C(=O)N(C(C)(C)C)C3=O)cc1OC. The summed E-state index contributed by atoms with van der Waals surface area (Å²) in [6.45, 7) is 5.39. The maximum absolute atomic E-state index is 12.7. The Balaban J connectivity index is 1.76. The van der Waals surface area contributed by atoms with Crippen molar-refractivity contribution in [2.75, 3.05) is 24.9 Å². The first-order valence-corrected chi connectivity index (χ1v) is 8.98. The molecule has 0 aliphatic carbocycles. The van der Waals surface area contributed by atoms with Gasteiger partial charge in [0.05, 0.1) is 25.3 Å². The van der Waals surface area contributed by atoms with Crippen LogP contribution in [0.3, 0.4) is 0 Å². The van der Waals surface area contributed by atoms with E-state index in [1.165, 1.54) is 25.2 Å². The molecule has 0 radical (unpaired) electrons. The number of benzene rings is 2. The number of hydrogen-bond donors (Lipinski definition) is 2. The van der Waals surface area contributed by atoms with Gasteiger partial charge in [-0.3, -0.25) is 14.5 Å². The van der Waals surface area contributed by atoms with E-state index < -0.39 is 11.6 Å². The molecular formula is C21H23N3O5. The van der Waals surface area contributed by atoms with Gasteiger partial charge in [-0.2, -0.15) is 0 Å². The molecule has 1 aliphatic heterocycles. The highest BCUT2D eigenvalue weighted by atomic mass is 16.5. The van der Waals surface area contributed by atoms with Crippen molar-refractivity contribution in [1.29, 1.82) is 0 Å². The van der Waals surface area contributed by atoms with Gasteiger partial charge in [0, 0.05) is 23.0 Å². The predicted molar refractivity (Wildman–Crippen MR) is 109 cm³/mol. The molecule has 2 aromatic rings. The summed E-state index contributed by atoms with van der Waals surface area (Å²) < 4.78 is 10.4. The van der Waals surface area contributed by atoms with Crippen molar-refractivity contribution in [1.82, 2.24) is 4.90 Å². The number of nitrogens with one attached hydrogen (secondary N) is 2. The van der Waals surface area contributed by atoms with E-state index in [0.717, 1.165) is 0 Å². The maximum Gasteiger partial charge on any atom is 0.323 e. The lowest BCUT2D eigenvalue weighted by atomic mass is 10.1. The molecule has 29 heavy (non-hydrogen) atoms. The second kappa shape index (κ2) is 7.46. The van der Waals surface area contributed by atoms with Gasteiger partial charge in [0.25, 0.3) is 11.8 Å². The molecule has 0 fully saturated rings. The molecule has 2 aromatic carbocycles. The topological polar surface area (TPSA) is 97.0 Å². The molecule has 8 heteroatoms. The Kier molecular flexibility index (Phi) is 5.19. The Bertz CT molecular complexity index is 994. The highest BCUT2D eigenvalue weighted by Gasteiger charge is 2.41. The van der Waals surface area contributed by atoms with Gasteiger partial charge in [0.1, 0.15) is 0 Å². The average molecular weight is 397 g/mol. The summed E-state index contributed by atoms with van der Waals surface area (Å²) in [5.74, 6) is 0.318. The van der Waals surface area contributed by atoms with Gasteiger partial charge in [0.15, 0.2) is 11.5 Å². The smallest absolute Gasteiger partial charge is 0.323 e. The minimum atomic E-state index is -0.633. The van der Waals surface area contributed by atoms with Crippen LogP contribution in [-0.4, -0.2) is 42.5 Å². The van der Waals surface area contributed by atoms with Crippen molar-refractivity contribution in [3.8, 4) is 11.5 Å². The highest BCUT2D eigenvalue weighted by Crippen LogP contribution is 2.32. The van der Waals surface area contributed by atoms with Gasteiger partial charge in [-0.1, -0.05) is 0 Å². The molecule has 1 aliphatic rings. The Morgan fingerprint density at radius 1 is 0.828 bits per heavy atom. The summed E-state index contributed by atoms with van der Waals surface area (Å²) in [5.41, 5.74) is 0.876. The van der Waals surface area contributed by atoms with Crippen LogP contribution in [0.5, 0.6) is 11.5 Å². The molecule has 0 spiro atoms. The Morgan fingerprint density at radius 3 is 1.97 bits per heavy atom. The molecule has 0 bridgehead atoms. The van der Waals surface area contributed by atoms with E-state index in [2.05, 4.69) is 10.6 Å². The molecule has 8 nitrogen and oxygen atoms in total. The Hall–Kier alpha value is -3.55. The van der Waals surface area contributed by atoms with Crippen LogP contribution in [0, 0.1) is 0 Å². The zero-order valence-corrected chi connectivity index (χ0v) is 17.0. The van der Waals surface area contributed by atoms with Crippen molar-refractivity contribution in [3.63, 3.8) is 0 Å². The summed E-state index contributed by atoms with van der Waals surface area (Å²) in [6.07, 6.45) is 0. The van der Waals surface area contributed by atoms with Gasteiger partial charge >= 0.3 is 6.03 Å². The van der Waals surface area contributed by atoms with Crippen LogP contribution in [0.15, 0.2) is 36.4 Å². The number of nitrogens with zero attached hydrogens (tertiary/aromatic N) is 1. The summed E-state index contributed by atoms with van der Waals surface area (Å²) in [5, 5.41) is 5.36. The lowest BCUT2D eigenvalue weighted by Crippen LogP contribution is -2.45. The van der Waals surface area contributed by atoms with Crippen LogP contribution < -0.4 is 20.1 Å². The normalized spacial score (nSPS) is 13.2. The maximum atomic E-state index is 12.7. The van der Waals surface area contributed by atoms with E-state index >= 15 is 0 Å². The monoisotopic (exact) mass is 397 g/mol. The van der Waals surface area contributed by atoms with Crippen molar-refractivity contribution in [2.45, 2.75) is 26.3 Å². The zero-order valence-electron chi connectivity index (χ0n) is 17.0. The third-order valence-corrected chi connectivity index (χ3v) is 4.46. The van der Waals surface area contributed by atoms with Crippen molar-refractivity contribution < 1.29 is 23.9 Å². The number of rotatable bonds is 4. The number of imide groups is 1. The minimum absolute atomic E-state index is 0.272. The fourth-order valence-corrected chi connectivity index (χ4v) is 3.14. The molecule has 0 aromatic heterocycles. The van der Waals surface area contributed by atoms with E-state index in [1.54, 1.807) is 51.1 Å². The largest absolute Gasteiger partial charge is 0.493 e. The number of urea groups is 1. The lowest BCUT2D eigenvalue weighted by Gasteiger charge is -2.29. The third-order valence-electron chi connectivity index (χ3n) is 4.46. The molecular weight excluding hydrogens is 374 g/mol. The van der Waals surface area contributed by atoms with Crippen molar-refractivity contribution in [2.24, 2.45) is 0 Å². The van der Waals surface area contributed by atoms with Gasteiger partial charge in [-0.15, -0.1) is 0 Å². The van der Waals surface area contributed by atoms with Crippen LogP contribution in [0.2, 0.25) is 0 Å². The Labute approximate surface area is 168 Å². The first kappa shape index (κ1) is 20.2. The van der Waals surface area contributed by atoms with Crippen LogP contribution >= 0.6 is 0 Å². The molecule has 2 N–H and O–H groups in total. The number of anilines is 2.